The topological polar surface area (TPSA) is 53.4 Å². The van der Waals surface area contributed by atoms with Crippen molar-refractivity contribution >= 4 is 22.9 Å². The van der Waals surface area contributed by atoms with Crippen molar-refractivity contribution in [3.63, 3.8) is 0 Å². The Morgan fingerprint density at radius 1 is 1.00 bits per heavy atom. The van der Waals surface area contributed by atoms with Crippen molar-refractivity contribution in [1.82, 2.24) is 24.9 Å². The van der Waals surface area contributed by atoms with Crippen LogP contribution in [-0.2, 0) is 23.7 Å². The van der Waals surface area contributed by atoms with Gasteiger partial charge in [-0.1, -0.05) is 32.6 Å². The van der Waals surface area contributed by atoms with E-state index < -0.39 is 23.5 Å². The summed E-state index contributed by atoms with van der Waals surface area (Å²) in [4.78, 5) is 16.2. The van der Waals surface area contributed by atoms with Gasteiger partial charge in [0.15, 0.2) is 0 Å². The van der Waals surface area contributed by atoms with E-state index in [0.29, 0.717) is 40.5 Å². The Bertz CT molecular complexity index is 1470. The van der Waals surface area contributed by atoms with Gasteiger partial charge in [0.2, 0.25) is 5.91 Å². The van der Waals surface area contributed by atoms with Crippen LogP contribution < -0.4 is 5.32 Å². The monoisotopic (exact) mass is 623 g/mol. The van der Waals surface area contributed by atoms with E-state index in [-0.39, 0.29) is 24.1 Å². The predicted octanol–water partition coefficient (Wildman–Crippen LogP) is 7.56. The first-order chi connectivity index (χ1) is 20.6. The number of halogens is 6. The molecule has 0 atom stereocenters. The maximum Gasteiger partial charge on any atom is 0.416 e. The molecule has 0 saturated carbocycles. The summed E-state index contributed by atoms with van der Waals surface area (Å²) >= 11 is 0. The molecule has 3 rings (SSSR count). The summed E-state index contributed by atoms with van der Waals surface area (Å²) in [6.45, 7) is 13.2. The average molecular weight is 624 g/mol. The van der Waals surface area contributed by atoms with E-state index in [4.69, 9.17) is 0 Å². The molecule has 0 spiro atoms. The normalized spacial score (nSPS) is 12.7. The molecule has 0 radical (unpaired) electrons. The van der Waals surface area contributed by atoms with Gasteiger partial charge in [0.05, 0.1) is 34.6 Å². The molecule has 12 heteroatoms. The highest BCUT2D eigenvalue weighted by Gasteiger charge is 2.38. The molecule has 0 unspecified atom stereocenters. The zero-order valence-electron chi connectivity index (χ0n) is 25.4. The van der Waals surface area contributed by atoms with Crippen LogP contribution in [-0.4, -0.2) is 58.7 Å². The lowest BCUT2D eigenvalue weighted by Gasteiger charge is -2.24. The molecule has 44 heavy (non-hydrogen) atoms. The first kappa shape index (κ1) is 34.7. The Kier molecular flexibility index (Phi) is 11.7. The second kappa shape index (κ2) is 14.8. The number of nitrogens with one attached hydrogen (secondary N) is 1. The number of carbonyl (C=O) groups excluding carboxylic acids is 1. The fraction of sp³-hybridized carbons (Fsp3) is 0.438. The Morgan fingerprint density at radius 2 is 1.68 bits per heavy atom. The van der Waals surface area contributed by atoms with E-state index in [1.54, 1.807) is 31.3 Å². The van der Waals surface area contributed by atoms with Gasteiger partial charge < -0.3 is 15.1 Å². The van der Waals surface area contributed by atoms with Crippen LogP contribution in [0.15, 0.2) is 60.6 Å². The largest absolute Gasteiger partial charge is 0.416 e. The first-order valence-corrected chi connectivity index (χ1v) is 14.5. The highest BCUT2D eigenvalue weighted by Crippen LogP contribution is 2.37. The van der Waals surface area contributed by atoms with Crippen LogP contribution in [0, 0.1) is 0 Å². The van der Waals surface area contributed by atoms with Crippen molar-refractivity contribution < 1.29 is 31.1 Å². The molecule has 1 amide bonds. The van der Waals surface area contributed by atoms with Gasteiger partial charge in [-0.2, -0.15) is 31.4 Å². The molecule has 0 bridgehead atoms. The fourth-order valence-electron chi connectivity index (χ4n) is 4.91. The van der Waals surface area contributed by atoms with Crippen LogP contribution in [0.4, 0.5) is 26.3 Å². The van der Waals surface area contributed by atoms with Crippen LogP contribution in [0.2, 0.25) is 0 Å². The molecule has 2 aromatic carbocycles. The maximum absolute atomic E-state index is 13.6. The number of likely N-dealkylation sites (N-methyl/N-ethyl adjacent to an activating group) is 1. The molecular formula is C32H39F6N5O. The van der Waals surface area contributed by atoms with Gasteiger partial charge in [-0.05, 0) is 80.4 Å². The number of benzene rings is 2. The highest BCUT2D eigenvalue weighted by atomic mass is 19.4. The summed E-state index contributed by atoms with van der Waals surface area (Å²) in [6.07, 6.45) is -3.48. The van der Waals surface area contributed by atoms with Gasteiger partial charge >= 0.3 is 12.4 Å². The fourth-order valence-corrected chi connectivity index (χ4v) is 4.91. The van der Waals surface area contributed by atoms with Crippen molar-refractivity contribution in [1.29, 1.82) is 0 Å². The summed E-state index contributed by atoms with van der Waals surface area (Å²) < 4.78 is 81.4. The molecule has 1 aromatic heterocycles. The van der Waals surface area contributed by atoms with Gasteiger partial charge in [0.25, 0.3) is 0 Å². The SMILES string of the molecule is C=C(NCCCN(CCC)CCC)/C(=C/c1ccc2nn(Cc3ccc(C(F)(F)F)cc3C(F)(F)F)cc2c1)N(C)C(C)=O. The first-order valence-electron chi connectivity index (χ1n) is 14.5. The third-order valence-corrected chi connectivity index (χ3v) is 7.17. The van der Waals surface area contributed by atoms with Crippen molar-refractivity contribution in [2.45, 2.75) is 58.9 Å². The number of hydrogen-bond donors (Lipinski definition) is 1. The van der Waals surface area contributed by atoms with E-state index >= 15 is 0 Å². The molecule has 0 aliphatic carbocycles. The molecule has 240 valence electrons. The number of carbonyl (C=O) groups is 1. The van der Waals surface area contributed by atoms with E-state index in [9.17, 15) is 31.1 Å². The number of alkyl halides is 6. The number of nitrogens with zero attached hydrogens (tertiary/aromatic N) is 4. The zero-order valence-corrected chi connectivity index (χ0v) is 25.4. The van der Waals surface area contributed by atoms with Crippen molar-refractivity contribution in [3.05, 3.63) is 82.8 Å². The Labute approximate surface area is 254 Å². The standard InChI is InChI=1S/C32H39F6N5O/c1-6-14-42(15-7-2)16-8-13-39-22(3)30(41(5)23(4)44)18-24-9-12-29-26(17-24)21-43(40-29)20-25-10-11-27(31(33,34)35)19-28(25)32(36,37)38/h9-12,17-19,21,39H,3,6-8,13-16,20H2,1-2,4-5H3/b30-18-. The second-order valence-electron chi connectivity index (χ2n) is 10.7. The number of rotatable bonds is 14. The minimum Gasteiger partial charge on any atom is -0.384 e. The smallest absolute Gasteiger partial charge is 0.384 e. The molecular weight excluding hydrogens is 584 g/mol. The Hall–Kier alpha value is -3.80. The summed E-state index contributed by atoms with van der Waals surface area (Å²) in [6, 6.07) is 6.81. The molecule has 1 N–H and O–H groups in total. The van der Waals surface area contributed by atoms with E-state index in [0.717, 1.165) is 45.0 Å². The van der Waals surface area contributed by atoms with Crippen LogP contribution >= 0.6 is 0 Å². The number of hydrogen-bond acceptors (Lipinski definition) is 4. The second-order valence-corrected chi connectivity index (χ2v) is 10.7. The van der Waals surface area contributed by atoms with Crippen LogP contribution in [0.5, 0.6) is 0 Å². The molecule has 1 heterocycles. The van der Waals surface area contributed by atoms with Crippen molar-refractivity contribution in [2.75, 3.05) is 33.2 Å². The highest BCUT2D eigenvalue weighted by molar-refractivity contribution is 5.83. The molecule has 0 saturated heterocycles. The number of aromatic nitrogens is 2. The maximum atomic E-state index is 13.6. The number of amides is 1. The van der Waals surface area contributed by atoms with Crippen LogP contribution in [0.3, 0.4) is 0 Å². The molecule has 6 nitrogen and oxygen atoms in total. The third kappa shape index (κ3) is 9.35. The summed E-state index contributed by atoms with van der Waals surface area (Å²) in [5.41, 5.74) is -0.746. The van der Waals surface area contributed by atoms with Gasteiger partial charge in [-0.25, -0.2) is 0 Å². The predicted molar refractivity (Wildman–Crippen MR) is 160 cm³/mol. The quantitative estimate of drug-likeness (QED) is 0.114. The molecule has 0 aliphatic rings. The molecule has 3 aromatic rings. The van der Waals surface area contributed by atoms with E-state index in [1.807, 2.05) is 0 Å². The van der Waals surface area contributed by atoms with E-state index in [1.165, 1.54) is 22.7 Å². The minimum absolute atomic E-state index is 0.127. The lowest BCUT2D eigenvalue weighted by molar-refractivity contribution is -0.143. The summed E-state index contributed by atoms with van der Waals surface area (Å²) in [7, 11) is 1.64. The van der Waals surface area contributed by atoms with Crippen LogP contribution in [0.1, 0.15) is 62.3 Å². The zero-order chi connectivity index (χ0) is 32.7. The van der Waals surface area contributed by atoms with Gasteiger partial charge in [-0.15, -0.1) is 0 Å². The minimum atomic E-state index is -4.97. The number of fused-ring (bicyclic) bond motifs is 1. The van der Waals surface area contributed by atoms with Gasteiger partial charge in [-0.3, -0.25) is 9.48 Å². The van der Waals surface area contributed by atoms with E-state index in [2.05, 4.69) is 35.7 Å². The average Bonchev–Trinajstić information content (AvgIpc) is 3.34. The molecule has 0 aliphatic heterocycles. The third-order valence-electron chi connectivity index (χ3n) is 7.17. The lowest BCUT2D eigenvalue weighted by atomic mass is 10.0. The van der Waals surface area contributed by atoms with Crippen molar-refractivity contribution in [2.24, 2.45) is 0 Å². The lowest BCUT2D eigenvalue weighted by Crippen LogP contribution is -2.31. The molecule has 0 fully saturated rings. The Balaban J connectivity index is 1.83. The summed E-state index contributed by atoms with van der Waals surface area (Å²) in [5.74, 6) is -0.192. The van der Waals surface area contributed by atoms with Gasteiger partial charge in [0, 0.05) is 32.1 Å². The van der Waals surface area contributed by atoms with Crippen LogP contribution in [0.25, 0.3) is 17.0 Å². The summed E-state index contributed by atoms with van der Waals surface area (Å²) in [5, 5.41) is 8.24. The van der Waals surface area contributed by atoms with Gasteiger partial charge in [0.1, 0.15) is 0 Å². The van der Waals surface area contributed by atoms with Crippen molar-refractivity contribution in [3.8, 4) is 0 Å². The Morgan fingerprint density at radius 3 is 2.27 bits per heavy atom.